The number of aliphatic hydroxyl groups excluding tert-OH is 1. The molecule has 1 amide bonds. The van der Waals surface area contributed by atoms with Crippen molar-refractivity contribution in [1.29, 1.82) is 0 Å². The van der Waals surface area contributed by atoms with Crippen molar-refractivity contribution in [2.24, 2.45) is 0 Å². The number of aryl methyl sites for hydroxylation is 1. The second kappa shape index (κ2) is 7.10. The standard InChI is InChI=1S/C16H22N2O2/c1-13(19)7-8-16(20)17-10-4-11-18-12-9-14-5-2-3-6-15(14)18/h2-3,5-6,9,12-13,19H,4,7-8,10-11H2,1H3,(H,17,20). The molecule has 2 rings (SSSR count). The van der Waals surface area contributed by atoms with Crippen molar-refractivity contribution in [3.05, 3.63) is 36.5 Å². The van der Waals surface area contributed by atoms with Crippen molar-refractivity contribution in [3.8, 4) is 0 Å². The molecule has 0 saturated heterocycles. The van der Waals surface area contributed by atoms with E-state index in [0.717, 1.165) is 13.0 Å². The van der Waals surface area contributed by atoms with Crippen molar-refractivity contribution in [2.75, 3.05) is 6.54 Å². The van der Waals surface area contributed by atoms with Crippen LogP contribution in [0.5, 0.6) is 0 Å². The molecule has 0 radical (unpaired) electrons. The van der Waals surface area contributed by atoms with Crippen LogP contribution >= 0.6 is 0 Å². The number of para-hydroxylation sites is 1. The fourth-order valence-electron chi connectivity index (χ4n) is 2.24. The molecule has 0 fully saturated rings. The zero-order valence-corrected chi connectivity index (χ0v) is 11.9. The molecule has 1 unspecified atom stereocenters. The summed E-state index contributed by atoms with van der Waals surface area (Å²) < 4.78 is 2.21. The van der Waals surface area contributed by atoms with E-state index in [0.29, 0.717) is 19.4 Å². The number of benzene rings is 1. The van der Waals surface area contributed by atoms with Crippen molar-refractivity contribution in [1.82, 2.24) is 9.88 Å². The van der Waals surface area contributed by atoms with E-state index in [1.165, 1.54) is 10.9 Å². The van der Waals surface area contributed by atoms with Gasteiger partial charge in [0.15, 0.2) is 0 Å². The summed E-state index contributed by atoms with van der Waals surface area (Å²) in [7, 11) is 0. The molecule has 2 N–H and O–H groups in total. The summed E-state index contributed by atoms with van der Waals surface area (Å²) in [4.78, 5) is 11.5. The Morgan fingerprint density at radius 1 is 1.35 bits per heavy atom. The number of hydrogen-bond acceptors (Lipinski definition) is 2. The van der Waals surface area contributed by atoms with Crippen LogP contribution in [0.2, 0.25) is 0 Å². The first-order valence-electron chi connectivity index (χ1n) is 7.15. The van der Waals surface area contributed by atoms with Gasteiger partial charge in [-0.1, -0.05) is 18.2 Å². The van der Waals surface area contributed by atoms with Gasteiger partial charge in [-0.3, -0.25) is 4.79 Å². The van der Waals surface area contributed by atoms with Crippen LogP contribution in [-0.2, 0) is 11.3 Å². The molecule has 108 valence electrons. The Labute approximate surface area is 119 Å². The van der Waals surface area contributed by atoms with Gasteiger partial charge in [-0.05, 0) is 37.3 Å². The lowest BCUT2D eigenvalue weighted by atomic mass is 10.2. The summed E-state index contributed by atoms with van der Waals surface area (Å²) >= 11 is 0. The predicted molar refractivity (Wildman–Crippen MR) is 80.5 cm³/mol. The van der Waals surface area contributed by atoms with Crippen LogP contribution < -0.4 is 5.32 Å². The minimum absolute atomic E-state index is 0.0169. The van der Waals surface area contributed by atoms with Gasteiger partial charge < -0.3 is 15.0 Å². The third kappa shape index (κ3) is 4.10. The average molecular weight is 274 g/mol. The van der Waals surface area contributed by atoms with Gasteiger partial charge in [-0.15, -0.1) is 0 Å². The second-order valence-corrected chi connectivity index (χ2v) is 5.16. The maximum absolute atomic E-state index is 11.5. The summed E-state index contributed by atoms with van der Waals surface area (Å²) in [5.74, 6) is 0.0169. The Hall–Kier alpha value is -1.81. The highest BCUT2D eigenvalue weighted by Gasteiger charge is 2.04. The predicted octanol–water partition coefficient (Wildman–Crippen LogP) is 2.31. The molecule has 1 aromatic carbocycles. The first-order valence-corrected chi connectivity index (χ1v) is 7.15. The van der Waals surface area contributed by atoms with Crippen LogP contribution in [0.3, 0.4) is 0 Å². The molecule has 0 spiro atoms. The van der Waals surface area contributed by atoms with Crippen molar-refractivity contribution in [3.63, 3.8) is 0 Å². The summed E-state index contributed by atoms with van der Waals surface area (Å²) in [5, 5.41) is 13.2. The van der Waals surface area contributed by atoms with Gasteiger partial charge in [0.1, 0.15) is 0 Å². The molecular formula is C16H22N2O2. The van der Waals surface area contributed by atoms with E-state index in [1.807, 2.05) is 12.1 Å². The summed E-state index contributed by atoms with van der Waals surface area (Å²) in [6.45, 7) is 3.26. The lowest BCUT2D eigenvalue weighted by molar-refractivity contribution is -0.121. The molecule has 0 aliphatic carbocycles. The Morgan fingerprint density at radius 3 is 2.95 bits per heavy atom. The highest BCUT2D eigenvalue weighted by Crippen LogP contribution is 2.15. The number of aliphatic hydroxyl groups is 1. The van der Waals surface area contributed by atoms with Crippen molar-refractivity contribution in [2.45, 2.75) is 38.8 Å². The first-order chi connectivity index (χ1) is 9.66. The molecule has 1 heterocycles. The van der Waals surface area contributed by atoms with Gasteiger partial charge in [0.2, 0.25) is 5.91 Å². The van der Waals surface area contributed by atoms with E-state index < -0.39 is 6.10 Å². The number of carbonyl (C=O) groups excluding carboxylic acids is 1. The maximum atomic E-state index is 11.5. The molecule has 1 aromatic heterocycles. The van der Waals surface area contributed by atoms with Crippen LogP contribution in [0.1, 0.15) is 26.2 Å². The highest BCUT2D eigenvalue weighted by molar-refractivity contribution is 5.79. The zero-order valence-electron chi connectivity index (χ0n) is 11.9. The molecule has 2 aromatic rings. The van der Waals surface area contributed by atoms with Crippen LogP contribution in [0.25, 0.3) is 10.9 Å². The second-order valence-electron chi connectivity index (χ2n) is 5.16. The van der Waals surface area contributed by atoms with Crippen molar-refractivity contribution >= 4 is 16.8 Å². The molecule has 0 aliphatic heterocycles. The van der Waals surface area contributed by atoms with Gasteiger partial charge in [-0.25, -0.2) is 0 Å². The van der Waals surface area contributed by atoms with E-state index in [-0.39, 0.29) is 5.91 Å². The monoisotopic (exact) mass is 274 g/mol. The molecule has 1 atom stereocenters. The Bertz CT molecular complexity index is 560. The van der Waals surface area contributed by atoms with Gasteiger partial charge in [0.05, 0.1) is 6.10 Å². The largest absolute Gasteiger partial charge is 0.393 e. The number of hydrogen-bond donors (Lipinski definition) is 2. The number of rotatable bonds is 7. The SMILES string of the molecule is CC(O)CCC(=O)NCCCn1ccc2ccccc21. The van der Waals surface area contributed by atoms with Crippen molar-refractivity contribution < 1.29 is 9.90 Å². The van der Waals surface area contributed by atoms with Gasteiger partial charge >= 0.3 is 0 Å². The number of carbonyl (C=O) groups is 1. The number of aromatic nitrogens is 1. The van der Waals surface area contributed by atoms with Gasteiger partial charge in [0, 0.05) is 31.2 Å². The molecule has 20 heavy (non-hydrogen) atoms. The maximum Gasteiger partial charge on any atom is 0.220 e. The normalized spacial score (nSPS) is 12.5. The lowest BCUT2D eigenvalue weighted by Gasteiger charge is -2.08. The molecule has 0 bridgehead atoms. The number of amides is 1. The molecular weight excluding hydrogens is 252 g/mol. The third-order valence-corrected chi connectivity index (χ3v) is 3.37. The van der Waals surface area contributed by atoms with Crippen LogP contribution in [-0.4, -0.2) is 28.2 Å². The first kappa shape index (κ1) is 14.6. The third-order valence-electron chi connectivity index (χ3n) is 3.37. The fourth-order valence-corrected chi connectivity index (χ4v) is 2.24. The van der Waals surface area contributed by atoms with E-state index in [1.54, 1.807) is 6.92 Å². The quantitative estimate of drug-likeness (QED) is 0.761. The van der Waals surface area contributed by atoms with E-state index >= 15 is 0 Å². The molecule has 0 saturated carbocycles. The minimum atomic E-state index is -0.410. The average Bonchev–Trinajstić information content (AvgIpc) is 2.85. The molecule has 0 aliphatic rings. The zero-order chi connectivity index (χ0) is 14.4. The van der Waals surface area contributed by atoms with Gasteiger partial charge in [0.25, 0.3) is 0 Å². The number of nitrogens with one attached hydrogen (secondary N) is 1. The Morgan fingerprint density at radius 2 is 2.15 bits per heavy atom. The van der Waals surface area contributed by atoms with Crippen LogP contribution in [0.15, 0.2) is 36.5 Å². The van der Waals surface area contributed by atoms with Crippen LogP contribution in [0, 0.1) is 0 Å². The number of fused-ring (bicyclic) bond motifs is 1. The van der Waals surface area contributed by atoms with E-state index in [2.05, 4.69) is 34.3 Å². The van der Waals surface area contributed by atoms with Gasteiger partial charge in [-0.2, -0.15) is 0 Å². The summed E-state index contributed by atoms with van der Waals surface area (Å²) in [6, 6.07) is 10.4. The minimum Gasteiger partial charge on any atom is -0.393 e. The summed E-state index contributed by atoms with van der Waals surface area (Å²) in [6.07, 6.45) is 3.49. The molecule has 4 heteroatoms. The fraction of sp³-hybridized carbons (Fsp3) is 0.438. The highest BCUT2D eigenvalue weighted by atomic mass is 16.3. The lowest BCUT2D eigenvalue weighted by Crippen LogP contribution is -2.25. The summed E-state index contributed by atoms with van der Waals surface area (Å²) in [5.41, 5.74) is 1.23. The Balaban J connectivity index is 1.72. The molecule has 4 nitrogen and oxygen atoms in total. The smallest absolute Gasteiger partial charge is 0.220 e. The van der Waals surface area contributed by atoms with Crippen LogP contribution in [0.4, 0.5) is 0 Å². The topological polar surface area (TPSA) is 54.3 Å². The Kier molecular flexibility index (Phi) is 5.18. The number of nitrogens with zero attached hydrogens (tertiary/aromatic N) is 1. The van der Waals surface area contributed by atoms with E-state index in [9.17, 15) is 4.79 Å². The van der Waals surface area contributed by atoms with E-state index in [4.69, 9.17) is 5.11 Å².